The lowest BCUT2D eigenvalue weighted by Gasteiger charge is -2.19. The van der Waals surface area contributed by atoms with Crippen molar-refractivity contribution in [3.63, 3.8) is 0 Å². The maximum absolute atomic E-state index is 12.0. The van der Waals surface area contributed by atoms with E-state index in [1.54, 1.807) is 53.9 Å². The van der Waals surface area contributed by atoms with Gasteiger partial charge in [-0.05, 0) is 25.1 Å². The molecule has 1 amide bonds. The second-order valence-corrected chi connectivity index (χ2v) is 9.31. The van der Waals surface area contributed by atoms with Gasteiger partial charge in [0.1, 0.15) is 11.5 Å². The number of hydrazone groups is 1. The normalized spacial score (nSPS) is 16.0. The Bertz CT molecular complexity index is 841. The van der Waals surface area contributed by atoms with Gasteiger partial charge in [0, 0.05) is 17.1 Å². The van der Waals surface area contributed by atoms with Crippen molar-refractivity contribution in [1.29, 1.82) is 0 Å². The number of amides is 1. The van der Waals surface area contributed by atoms with E-state index in [1.165, 1.54) is 12.3 Å². The van der Waals surface area contributed by atoms with Gasteiger partial charge >= 0.3 is 5.97 Å². The maximum atomic E-state index is 12.0. The summed E-state index contributed by atoms with van der Waals surface area (Å²) in [6.07, 6.45) is 1.80. The van der Waals surface area contributed by atoms with Gasteiger partial charge in [-0.25, -0.2) is 10.2 Å². The minimum atomic E-state index is -1.02. The van der Waals surface area contributed by atoms with Crippen molar-refractivity contribution < 1.29 is 19.1 Å². The number of thioether (sulfide) groups is 2. The molecular weight excluding hydrogens is 372 g/mol. The molecule has 0 bridgehead atoms. The van der Waals surface area contributed by atoms with Crippen LogP contribution in [0.4, 0.5) is 0 Å². The maximum Gasteiger partial charge on any atom is 0.336 e. The number of furan rings is 1. The summed E-state index contributed by atoms with van der Waals surface area (Å²) in [6.45, 7) is 2.07. The van der Waals surface area contributed by atoms with Crippen molar-refractivity contribution in [2.75, 3.05) is 11.5 Å². The van der Waals surface area contributed by atoms with Gasteiger partial charge in [-0.15, -0.1) is 23.5 Å². The molecule has 136 valence electrons. The van der Waals surface area contributed by atoms with E-state index in [0.717, 1.165) is 11.5 Å². The predicted molar refractivity (Wildman–Crippen MR) is 105 cm³/mol. The third-order valence-electron chi connectivity index (χ3n) is 3.81. The van der Waals surface area contributed by atoms with Gasteiger partial charge in [-0.1, -0.05) is 18.2 Å². The van der Waals surface area contributed by atoms with Gasteiger partial charge < -0.3 is 9.52 Å². The smallest absolute Gasteiger partial charge is 0.336 e. The van der Waals surface area contributed by atoms with Crippen LogP contribution in [0.25, 0.3) is 11.3 Å². The van der Waals surface area contributed by atoms with E-state index in [1.807, 2.05) is 0 Å². The van der Waals surface area contributed by atoms with Gasteiger partial charge in [-0.2, -0.15) is 5.10 Å². The molecule has 0 radical (unpaired) electrons. The number of aromatic carboxylic acids is 1. The van der Waals surface area contributed by atoms with Crippen molar-refractivity contribution in [1.82, 2.24) is 5.43 Å². The molecule has 0 spiro atoms. The Morgan fingerprint density at radius 2 is 2.00 bits per heavy atom. The Morgan fingerprint density at radius 3 is 2.73 bits per heavy atom. The summed E-state index contributed by atoms with van der Waals surface area (Å²) in [6, 6.07) is 9.97. The fraction of sp³-hybridized carbons (Fsp3) is 0.278. The van der Waals surface area contributed by atoms with Crippen LogP contribution in [0, 0.1) is 0 Å². The lowest BCUT2D eigenvalue weighted by atomic mass is 10.1. The first kappa shape index (κ1) is 18.6. The van der Waals surface area contributed by atoms with Crippen molar-refractivity contribution in [2.45, 2.75) is 17.4 Å². The minimum Gasteiger partial charge on any atom is -0.478 e. The van der Waals surface area contributed by atoms with Gasteiger partial charge in [0.2, 0.25) is 5.91 Å². The molecule has 1 aliphatic rings. The Balaban J connectivity index is 1.63. The molecule has 0 aliphatic carbocycles. The average molecular weight is 390 g/mol. The standard InChI is InChI=1S/C18H18N2O4S2/c1-18(25-8-9-26-18)10-16(21)20-19-11-12-6-7-15(24-12)13-4-2-3-5-14(13)17(22)23/h2-7,11H,8-10H2,1H3,(H,20,21)(H,22,23). The SMILES string of the molecule is CC1(CC(=O)NN=Cc2ccc(-c3ccccc3C(=O)O)o2)SCCS1. The molecule has 0 unspecified atom stereocenters. The highest BCUT2D eigenvalue weighted by Gasteiger charge is 2.32. The average Bonchev–Trinajstić information content (AvgIpc) is 3.24. The van der Waals surface area contributed by atoms with E-state index in [0.29, 0.717) is 23.5 Å². The van der Waals surface area contributed by atoms with Crippen LogP contribution in [0.3, 0.4) is 0 Å². The van der Waals surface area contributed by atoms with Crippen LogP contribution in [0.15, 0.2) is 45.9 Å². The van der Waals surface area contributed by atoms with Crippen LogP contribution in [-0.2, 0) is 4.79 Å². The van der Waals surface area contributed by atoms with Crippen LogP contribution in [-0.4, -0.2) is 38.8 Å². The molecule has 1 aliphatic heterocycles. The first-order valence-electron chi connectivity index (χ1n) is 7.99. The van der Waals surface area contributed by atoms with E-state index in [4.69, 9.17) is 4.42 Å². The summed E-state index contributed by atoms with van der Waals surface area (Å²) in [5.41, 5.74) is 3.17. The van der Waals surface area contributed by atoms with E-state index >= 15 is 0 Å². The van der Waals surface area contributed by atoms with Crippen LogP contribution < -0.4 is 5.43 Å². The van der Waals surface area contributed by atoms with Crippen molar-refractivity contribution in [2.24, 2.45) is 5.10 Å². The fourth-order valence-electron chi connectivity index (χ4n) is 2.61. The Hall–Kier alpha value is -2.19. The molecule has 2 heterocycles. The molecule has 1 aromatic heterocycles. The zero-order chi connectivity index (χ0) is 18.6. The van der Waals surface area contributed by atoms with E-state index in [-0.39, 0.29) is 15.5 Å². The predicted octanol–water partition coefficient (Wildman–Crippen LogP) is 3.68. The van der Waals surface area contributed by atoms with E-state index in [2.05, 4.69) is 17.5 Å². The largest absolute Gasteiger partial charge is 0.478 e. The molecule has 1 saturated heterocycles. The van der Waals surface area contributed by atoms with Gasteiger partial charge in [0.25, 0.3) is 0 Å². The van der Waals surface area contributed by atoms with Crippen LogP contribution in [0.5, 0.6) is 0 Å². The summed E-state index contributed by atoms with van der Waals surface area (Å²) >= 11 is 3.58. The summed E-state index contributed by atoms with van der Waals surface area (Å²) in [5, 5.41) is 13.2. The zero-order valence-electron chi connectivity index (χ0n) is 14.1. The lowest BCUT2D eigenvalue weighted by molar-refractivity contribution is -0.121. The molecule has 3 rings (SSSR count). The Labute approximate surface area is 159 Å². The summed E-state index contributed by atoms with van der Waals surface area (Å²) in [7, 11) is 0. The molecule has 6 nitrogen and oxygen atoms in total. The highest BCUT2D eigenvalue weighted by molar-refractivity contribution is 8.21. The number of nitrogens with zero attached hydrogens (tertiary/aromatic N) is 1. The van der Waals surface area contributed by atoms with Crippen molar-refractivity contribution in [3.8, 4) is 11.3 Å². The van der Waals surface area contributed by atoms with Crippen LogP contribution >= 0.6 is 23.5 Å². The topological polar surface area (TPSA) is 91.9 Å². The molecule has 0 atom stereocenters. The summed E-state index contributed by atoms with van der Waals surface area (Å²) in [4.78, 5) is 23.3. The van der Waals surface area contributed by atoms with Gasteiger partial charge in [-0.3, -0.25) is 4.79 Å². The summed E-state index contributed by atoms with van der Waals surface area (Å²) < 4.78 is 5.54. The van der Waals surface area contributed by atoms with Crippen LogP contribution in [0.2, 0.25) is 0 Å². The molecule has 1 aromatic carbocycles. The number of nitrogens with one attached hydrogen (secondary N) is 1. The lowest BCUT2D eigenvalue weighted by Crippen LogP contribution is -2.26. The number of carbonyl (C=O) groups is 2. The van der Waals surface area contributed by atoms with Crippen LogP contribution in [0.1, 0.15) is 29.5 Å². The van der Waals surface area contributed by atoms with Gasteiger partial charge in [0.15, 0.2) is 0 Å². The first-order chi connectivity index (χ1) is 12.5. The molecular formula is C18H18N2O4S2. The highest BCUT2D eigenvalue weighted by Crippen LogP contribution is 2.45. The Morgan fingerprint density at radius 1 is 1.27 bits per heavy atom. The number of hydrogen-bond acceptors (Lipinski definition) is 6. The van der Waals surface area contributed by atoms with E-state index < -0.39 is 5.97 Å². The first-order valence-corrected chi connectivity index (χ1v) is 9.96. The number of benzene rings is 1. The molecule has 1 fully saturated rings. The van der Waals surface area contributed by atoms with Crippen molar-refractivity contribution >= 4 is 41.6 Å². The minimum absolute atomic E-state index is 0.0853. The summed E-state index contributed by atoms with van der Waals surface area (Å²) in [5.74, 6) is 1.82. The zero-order valence-corrected chi connectivity index (χ0v) is 15.7. The molecule has 0 saturated carbocycles. The Kier molecular flexibility index (Phi) is 5.73. The molecule has 8 heteroatoms. The number of hydrogen-bond donors (Lipinski definition) is 2. The quantitative estimate of drug-likeness (QED) is 0.577. The molecule has 2 N–H and O–H groups in total. The third-order valence-corrected chi connectivity index (χ3v) is 7.10. The molecule has 2 aromatic rings. The second kappa shape index (κ2) is 8.01. The van der Waals surface area contributed by atoms with E-state index in [9.17, 15) is 14.7 Å². The number of carboxylic acids is 1. The second-order valence-electron chi connectivity index (χ2n) is 5.85. The number of carboxylic acid groups (broad SMARTS) is 1. The van der Waals surface area contributed by atoms with Crippen molar-refractivity contribution in [3.05, 3.63) is 47.7 Å². The fourth-order valence-corrected chi connectivity index (χ4v) is 5.44. The highest BCUT2D eigenvalue weighted by atomic mass is 32.2. The number of carbonyl (C=O) groups excluding carboxylic acids is 1. The monoisotopic (exact) mass is 390 g/mol. The third kappa shape index (κ3) is 4.50. The molecule has 26 heavy (non-hydrogen) atoms. The number of rotatable bonds is 6. The van der Waals surface area contributed by atoms with Gasteiger partial charge in [0.05, 0.1) is 22.3 Å².